The smallest absolute Gasteiger partial charge is 0.0431 e. The fourth-order valence-electron chi connectivity index (χ4n) is 4.09. The Kier molecular flexibility index (Phi) is 6.11. The highest BCUT2D eigenvalue weighted by molar-refractivity contribution is 4.90. The second kappa shape index (κ2) is 7.61. The lowest BCUT2D eigenvalue weighted by atomic mass is 9.79. The Morgan fingerprint density at radius 3 is 2.47 bits per heavy atom. The predicted molar refractivity (Wildman–Crippen MR) is 80.1 cm³/mol. The number of nitrogens with two attached hydrogens (primary N) is 1. The average molecular weight is 268 g/mol. The van der Waals surface area contributed by atoms with E-state index in [-0.39, 0.29) is 0 Å². The topological polar surface area (TPSA) is 49.5 Å². The van der Waals surface area contributed by atoms with Crippen molar-refractivity contribution in [3.63, 3.8) is 0 Å². The van der Waals surface area contributed by atoms with Crippen LogP contribution >= 0.6 is 0 Å². The standard InChI is InChI=1S/C16H32N2O/c17-13-16(9-3-1-2-4-10-16)14-18-11-5-7-15(18)8-6-12-19/h15,19H,1-14,17H2. The number of nitrogens with zero attached hydrogens (tertiary/aromatic N) is 1. The fourth-order valence-corrected chi connectivity index (χ4v) is 4.09. The summed E-state index contributed by atoms with van der Waals surface area (Å²) < 4.78 is 0. The molecule has 1 aliphatic carbocycles. The van der Waals surface area contributed by atoms with Crippen LogP contribution in [0.4, 0.5) is 0 Å². The van der Waals surface area contributed by atoms with Gasteiger partial charge in [0.2, 0.25) is 0 Å². The van der Waals surface area contributed by atoms with E-state index < -0.39 is 0 Å². The minimum absolute atomic E-state index is 0.340. The largest absolute Gasteiger partial charge is 0.396 e. The van der Waals surface area contributed by atoms with Crippen molar-refractivity contribution in [1.29, 1.82) is 0 Å². The molecule has 1 heterocycles. The molecule has 0 aromatic rings. The van der Waals surface area contributed by atoms with Gasteiger partial charge in [0.15, 0.2) is 0 Å². The van der Waals surface area contributed by atoms with E-state index in [0.29, 0.717) is 18.1 Å². The molecule has 0 spiro atoms. The van der Waals surface area contributed by atoms with Gasteiger partial charge in [0.05, 0.1) is 0 Å². The van der Waals surface area contributed by atoms with E-state index in [9.17, 15) is 0 Å². The Morgan fingerprint density at radius 1 is 1.11 bits per heavy atom. The molecular formula is C16H32N2O. The van der Waals surface area contributed by atoms with Gasteiger partial charge in [0, 0.05) is 19.2 Å². The second-order valence-electron chi connectivity index (χ2n) is 6.75. The number of hydrogen-bond acceptors (Lipinski definition) is 3. The molecule has 19 heavy (non-hydrogen) atoms. The maximum Gasteiger partial charge on any atom is 0.0431 e. The highest BCUT2D eigenvalue weighted by atomic mass is 16.2. The van der Waals surface area contributed by atoms with E-state index in [2.05, 4.69) is 4.90 Å². The third-order valence-electron chi connectivity index (χ3n) is 5.33. The van der Waals surface area contributed by atoms with Crippen molar-refractivity contribution < 1.29 is 5.11 Å². The third kappa shape index (κ3) is 4.17. The summed E-state index contributed by atoms with van der Waals surface area (Å²) in [6.07, 6.45) is 13.0. The van der Waals surface area contributed by atoms with Gasteiger partial charge in [-0.1, -0.05) is 25.7 Å². The molecule has 0 aromatic heterocycles. The number of rotatable bonds is 6. The Hall–Kier alpha value is -0.120. The Balaban J connectivity index is 1.92. The summed E-state index contributed by atoms with van der Waals surface area (Å²) in [6, 6.07) is 0.707. The van der Waals surface area contributed by atoms with Gasteiger partial charge in [-0.3, -0.25) is 4.90 Å². The molecule has 3 nitrogen and oxygen atoms in total. The monoisotopic (exact) mass is 268 g/mol. The van der Waals surface area contributed by atoms with Crippen LogP contribution in [0.15, 0.2) is 0 Å². The predicted octanol–water partition coefficient (Wildman–Crippen LogP) is 2.52. The van der Waals surface area contributed by atoms with Crippen molar-refractivity contribution in [1.82, 2.24) is 4.90 Å². The molecule has 0 radical (unpaired) electrons. The van der Waals surface area contributed by atoms with Crippen LogP contribution in [-0.2, 0) is 0 Å². The minimum Gasteiger partial charge on any atom is -0.396 e. The lowest BCUT2D eigenvalue weighted by Gasteiger charge is -2.38. The van der Waals surface area contributed by atoms with Crippen LogP contribution in [0.3, 0.4) is 0 Å². The number of aliphatic hydroxyl groups excluding tert-OH is 1. The third-order valence-corrected chi connectivity index (χ3v) is 5.33. The molecule has 0 bridgehead atoms. The summed E-state index contributed by atoms with van der Waals surface area (Å²) >= 11 is 0. The molecule has 3 N–H and O–H groups in total. The van der Waals surface area contributed by atoms with Gasteiger partial charge in [-0.15, -0.1) is 0 Å². The molecule has 2 fully saturated rings. The molecule has 2 rings (SSSR count). The Bertz CT molecular complexity index is 249. The van der Waals surface area contributed by atoms with Crippen LogP contribution in [0.25, 0.3) is 0 Å². The molecule has 1 aliphatic heterocycles. The summed E-state index contributed by atoms with van der Waals surface area (Å²) in [7, 11) is 0. The van der Waals surface area contributed by atoms with Crippen LogP contribution in [0.1, 0.15) is 64.2 Å². The van der Waals surface area contributed by atoms with E-state index in [1.165, 1.54) is 64.5 Å². The first-order valence-electron chi connectivity index (χ1n) is 8.35. The maximum atomic E-state index is 9.03. The first-order valence-corrected chi connectivity index (χ1v) is 8.35. The van der Waals surface area contributed by atoms with Crippen molar-refractivity contribution in [2.75, 3.05) is 26.2 Å². The van der Waals surface area contributed by atoms with Gasteiger partial charge < -0.3 is 10.8 Å². The van der Waals surface area contributed by atoms with Crippen molar-refractivity contribution in [3.8, 4) is 0 Å². The maximum absolute atomic E-state index is 9.03. The van der Waals surface area contributed by atoms with Crippen LogP contribution in [0.5, 0.6) is 0 Å². The zero-order chi connectivity index (χ0) is 13.6. The van der Waals surface area contributed by atoms with Crippen LogP contribution < -0.4 is 5.73 Å². The second-order valence-corrected chi connectivity index (χ2v) is 6.75. The highest BCUT2D eigenvalue weighted by Gasteiger charge is 2.35. The number of aliphatic hydroxyl groups is 1. The number of likely N-dealkylation sites (tertiary alicyclic amines) is 1. The first kappa shape index (κ1) is 15.3. The fraction of sp³-hybridized carbons (Fsp3) is 1.00. The van der Waals surface area contributed by atoms with Crippen molar-refractivity contribution in [2.24, 2.45) is 11.1 Å². The molecule has 2 aliphatic rings. The lowest BCUT2D eigenvalue weighted by molar-refractivity contribution is 0.118. The summed E-state index contributed by atoms with van der Waals surface area (Å²) in [5.41, 5.74) is 6.55. The van der Waals surface area contributed by atoms with Crippen LogP contribution in [0.2, 0.25) is 0 Å². The zero-order valence-electron chi connectivity index (χ0n) is 12.4. The van der Waals surface area contributed by atoms with E-state index in [1.807, 2.05) is 0 Å². The lowest BCUT2D eigenvalue weighted by Crippen LogP contribution is -2.44. The van der Waals surface area contributed by atoms with Gasteiger partial charge in [-0.05, 0) is 57.0 Å². The van der Waals surface area contributed by atoms with Crippen LogP contribution in [-0.4, -0.2) is 42.3 Å². The van der Waals surface area contributed by atoms with E-state index >= 15 is 0 Å². The molecule has 1 saturated heterocycles. The molecule has 0 amide bonds. The molecule has 0 aromatic carbocycles. The molecule has 112 valence electrons. The summed E-state index contributed by atoms with van der Waals surface area (Å²) in [4.78, 5) is 2.69. The van der Waals surface area contributed by atoms with E-state index in [0.717, 1.165) is 19.4 Å². The SMILES string of the molecule is NCC1(CN2CCCC2CCCO)CCCCCC1. The quantitative estimate of drug-likeness (QED) is 0.728. The van der Waals surface area contributed by atoms with Gasteiger partial charge in [-0.25, -0.2) is 0 Å². The molecule has 1 atom stereocenters. The van der Waals surface area contributed by atoms with Crippen molar-refractivity contribution in [2.45, 2.75) is 70.3 Å². The van der Waals surface area contributed by atoms with E-state index in [1.54, 1.807) is 0 Å². The highest BCUT2D eigenvalue weighted by Crippen LogP contribution is 2.37. The summed E-state index contributed by atoms with van der Waals surface area (Å²) in [5.74, 6) is 0. The molecule has 1 saturated carbocycles. The Labute approximate surface area is 118 Å². The number of hydrogen-bond donors (Lipinski definition) is 2. The molecular weight excluding hydrogens is 236 g/mol. The first-order chi connectivity index (χ1) is 9.29. The Morgan fingerprint density at radius 2 is 1.84 bits per heavy atom. The van der Waals surface area contributed by atoms with Gasteiger partial charge in [0.25, 0.3) is 0 Å². The normalized spacial score (nSPS) is 28.4. The molecule has 1 unspecified atom stereocenters. The minimum atomic E-state index is 0.340. The molecule has 3 heteroatoms. The average Bonchev–Trinajstić information content (AvgIpc) is 2.72. The summed E-state index contributed by atoms with van der Waals surface area (Å²) in [5, 5.41) is 9.03. The van der Waals surface area contributed by atoms with Gasteiger partial charge >= 0.3 is 0 Å². The van der Waals surface area contributed by atoms with Gasteiger partial charge in [0.1, 0.15) is 0 Å². The van der Waals surface area contributed by atoms with Crippen molar-refractivity contribution in [3.05, 3.63) is 0 Å². The zero-order valence-corrected chi connectivity index (χ0v) is 12.4. The van der Waals surface area contributed by atoms with Crippen LogP contribution in [0, 0.1) is 5.41 Å². The van der Waals surface area contributed by atoms with Crippen molar-refractivity contribution >= 4 is 0 Å². The van der Waals surface area contributed by atoms with E-state index in [4.69, 9.17) is 10.8 Å². The summed E-state index contributed by atoms with van der Waals surface area (Å²) in [6.45, 7) is 3.65. The van der Waals surface area contributed by atoms with Gasteiger partial charge in [-0.2, -0.15) is 0 Å².